The van der Waals surface area contributed by atoms with E-state index in [1.54, 1.807) is 20.8 Å². The quantitative estimate of drug-likeness (QED) is 0.804. The molecule has 0 atom stereocenters. The van der Waals surface area contributed by atoms with Crippen LogP contribution in [0.4, 0.5) is 0 Å². The fourth-order valence-corrected chi connectivity index (χ4v) is 1.72. The molecule has 0 aliphatic rings. The fraction of sp³-hybridized carbons (Fsp3) is 0.583. The fourth-order valence-electron chi connectivity index (χ4n) is 1.72. The average Bonchev–Trinajstić information content (AvgIpc) is 2.77. The van der Waals surface area contributed by atoms with Crippen molar-refractivity contribution < 1.29 is 19.2 Å². The molecule has 1 aromatic rings. The standard InChI is InChI=1S/C12H18N2O4/c1-4-12(5-2,11(16)17)7-13-10(15)9-8(3)6-18-14-9/h6H,4-5,7H2,1-3H3,(H,13,15)(H,16,17). The summed E-state index contributed by atoms with van der Waals surface area (Å²) in [7, 11) is 0. The molecule has 0 spiro atoms. The van der Waals surface area contributed by atoms with Crippen molar-refractivity contribution in [3.05, 3.63) is 17.5 Å². The lowest BCUT2D eigenvalue weighted by Crippen LogP contribution is -2.42. The van der Waals surface area contributed by atoms with Crippen molar-refractivity contribution in [1.29, 1.82) is 0 Å². The van der Waals surface area contributed by atoms with Crippen LogP contribution in [-0.2, 0) is 4.79 Å². The number of carboxylic acids is 1. The van der Waals surface area contributed by atoms with Crippen LogP contribution in [0.1, 0.15) is 42.7 Å². The summed E-state index contributed by atoms with van der Waals surface area (Å²) in [5.41, 5.74) is -0.101. The molecular formula is C12H18N2O4. The first kappa shape index (κ1) is 14.2. The first-order valence-corrected chi connectivity index (χ1v) is 5.89. The van der Waals surface area contributed by atoms with Crippen LogP contribution in [0.3, 0.4) is 0 Å². The Balaban J connectivity index is 2.72. The van der Waals surface area contributed by atoms with E-state index in [1.807, 2.05) is 0 Å². The van der Waals surface area contributed by atoms with Crippen LogP contribution in [0.2, 0.25) is 0 Å². The molecule has 0 fully saturated rings. The van der Waals surface area contributed by atoms with Crippen molar-refractivity contribution in [3.63, 3.8) is 0 Å². The summed E-state index contributed by atoms with van der Waals surface area (Å²) in [5.74, 6) is -1.31. The maximum atomic E-state index is 11.8. The summed E-state index contributed by atoms with van der Waals surface area (Å²) in [6, 6.07) is 0. The minimum Gasteiger partial charge on any atom is -0.481 e. The van der Waals surface area contributed by atoms with Gasteiger partial charge in [-0.05, 0) is 19.8 Å². The van der Waals surface area contributed by atoms with E-state index in [2.05, 4.69) is 15.0 Å². The van der Waals surface area contributed by atoms with E-state index in [-0.39, 0.29) is 12.2 Å². The number of carboxylic acid groups (broad SMARTS) is 1. The van der Waals surface area contributed by atoms with Gasteiger partial charge in [-0.2, -0.15) is 0 Å². The Kier molecular flexibility index (Phi) is 4.47. The van der Waals surface area contributed by atoms with E-state index in [4.69, 9.17) is 0 Å². The number of carbonyl (C=O) groups is 2. The van der Waals surface area contributed by atoms with Crippen LogP contribution in [-0.4, -0.2) is 28.7 Å². The third-order valence-electron chi connectivity index (χ3n) is 3.36. The molecule has 6 heteroatoms. The zero-order chi connectivity index (χ0) is 13.8. The number of aromatic nitrogens is 1. The predicted molar refractivity (Wildman–Crippen MR) is 64.2 cm³/mol. The van der Waals surface area contributed by atoms with Gasteiger partial charge in [-0.25, -0.2) is 0 Å². The molecule has 0 unspecified atom stereocenters. The molecule has 2 N–H and O–H groups in total. The second-order valence-corrected chi connectivity index (χ2v) is 4.32. The minimum atomic E-state index is -0.923. The van der Waals surface area contributed by atoms with Gasteiger partial charge in [-0.1, -0.05) is 19.0 Å². The Morgan fingerprint density at radius 1 is 1.44 bits per heavy atom. The van der Waals surface area contributed by atoms with Gasteiger partial charge in [0.1, 0.15) is 6.26 Å². The Labute approximate surface area is 105 Å². The lowest BCUT2D eigenvalue weighted by Gasteiger charge is -2.26. The number of amides is 1. The maximum absolute atomic E-state index is 11.8. The molecule has 0 aliphatic carbocycles. The highest BCUT2D eigenvalue weighted by molar-refractivity contribution is 5.93. The molecule has 6 nitrogen and oxygen atoms in total. The minimum absolute atomic E-state index is 0.0838. The van der Waals surface area contributed by atoms with Crippen LogP contribution in [0.15, 0.2) is 10.8 Å². The van der Waals surface area contributed by atoms with E-state index in [0.717, 1.165) is 0 Å². The van der Waals surface area contributed by atoms with Gasteiger partial charge in [-0.15, -0.1) is 0 Å². The normalized spacial score (nSPS) is 11.3. The molecule has 1 rings (SSSR count). The summed E-state index contributed by atoms with van der Waals surface area (Å²) in [4.78, 5) is 23.1. The summed E-state index contributed by atoms with van der Waals surface area (Å²) in [6.45, 7) is 5.38. The molecule has 0 saturated heterocycles. The van der Waals surface area contributed by atoms with E-state index < -0.39 is 17.3 Å². The van der Waals surface area contributed by atoms with Gasteiger partial charge in [0.2, 0.25) is 0 Å². The van der Waals surface area contributed by atoms with Gasteiger partial charge in [-0.3, -0.25) is 9.59 Å². The molecule has 0 aromatic carbocycles. The molecule has 100 valence electrons. The molecule has 0 radical (unpaired) electrons. The van der Waals surface area contributed by atoms with Gasteiger partial charge < -0.3 is 14.9 Å². The Hall–Kier alpha value is -1.85. The van der Waals surface area contributed by atoms with E-state index >= 15 is 0 Å². The van der Waals surface area contributed by atoms with Crippen LogP contribution < -0.4 is 5.32 Å². The molecule has 18 heavy (non-hydrogen) atoms. The third-order valence-corrected chi connectivity index (χ3v) is 3.36. The highest BCUT2D eigenvalue weighted by Gasteiger charge is 2.35. The number of carbonyl (C=O) groups excluding carboxylic acids is 1. The average molecular weight is 254 g/mol. The van der Waals surface area contributed by atoms with Crippen LogP contribution in [0, 0.1) is 12.3 Å². The van der Waals surface area contributed by atoms with Gasteiger partial charge in [0.25, 0.3) is 5.91 Å². The zero-order valence-corrected chi connectivity index (χ0v) is 10.8. The van der Waals surface area contributed by atoms with Crippen molar-refractivity contribution in [2.24, 2.45) is 5.41 Å². The van der Waals surface area contributed by atoms with Crippen molar-refractivity contribution >= 4 is 11.9 Å². The van der Waals surface area contributed by atoms with Crippen molar-refractivity contribution in [1.82, 2.24) is 10.5 Å². The maximum Gasteiger partial charge on any atom is 0.311 e. The molecule has 0 saturated carbocycles. The van der Waals surface area contributed by atoms with E-state index in [1.165, 1.54) is 6.26 Å². The molecule has 1 heterocycles. The molecule has 0 bridgehead atoms. The van der Waals surface area contributed by atoms with E-state index in [0.29, 0.717) is 18.4 Å². The highest BCUT2D eigenvalue weighted by Crippen LogP contribution is 2.25. The number of nitrogens with zero attached hydrogens (tertiary/aromatic N) is 1. The summed E-state index contributed by atoms with van der Waals surface area (Å²) >= 11 is 0. The predicted octanol–water partition coefficient (Wildman–Crippen LogP) is 1.60. The molecule has 1 amide bonds. The number of rotatable bonds is 6. The topological polar surface area (TPSA) is 92.4 Å². The molecule has 1 aromatic heterocycles. The van der Waals surface area contributed by atoms with Gasteiger partial charge in [0, 0.05) is 12.1 Å². The van der Waals surface area contributed by atoms with Crippen LogP contribution >= 0.6 is 0 Å². The Morgan fingerprint density at radius 2 is 2.06 bits per heavy atom. The Morgan fingerprint density at radius 3 is 2.44 bits per heavy atom. The van der Waals surface area contributed by atoms with Crippen molar-refractivity contribution in [3.8, 4) is 0 Å². The third kappa shape index (κ3) is 2.69. The summed E-state index contributed by atoms with van der Waals surface area (Å²) in [6.07, 6.45) is 2.28. The largest absolute Gasteiger partial charge is 0.481 e. The summed E-state index contributed by atoms with van der Waals surface area (Å²) < 4.78 is 4.67. The van der Waals surface area contributed by atoms with Crippen molar-refractivity contribution in [2.45, 2.75) is 33.6 Å². The lowest BCUT2D eigenvalue weighted by atomic mass is 9.82. The SMILES string of the molecule is CCC(CC)(CNC(=O)c1nocc1C)C(=O)O. The second-order valence-electron chi connectivity index (χ2n) is 4.32. The van der Waals surface area contributed by atoms with E-state index in [9.17, 15) is 14.7 Å². The zero-order valence-electron chi connectivity index (χ0n) is 10.8. The van der Waals surface area contributed by atoms with Gasteiger partial charge in [0.15, 0.2) is 5.69 Å². The van der Waals surface area contributed by atoms with Crippen LogP contribution in [0.25, 0.3) is 0 Å². The number of aliphatic carboxylic acids is 1. The van der Waals surface area contributed by atoms with Crippen molar-refractivity contribution in [2.75, 3.05) is 6.54 Å². The highest BCUT2D eigenvalue weighted by atomic mass is 16.5. The summed E-state index contributed by atoms with van der Waals surface area (Å²) in [5, 5.41) is 15.4. The first-order chi connectivity index (χ1) is 8.46. The second kappa shape index (κ2) is 5.66. The number of hydrogen-bond acceptors (Lipinski definition) is 4. The van der Waals surface area contributed by atoms with Gasteiger partial charge >= 0.3 is 5.97 Å². The Bertz CT molecular complexity index is 435. The number of nitrogens with one attached hydrogen (secondary N) is 1. The number of hydrogen-bond donors (Lipinski definition) is 2. The first-order valence-electron chi connectivity index (χ1n) is 5.89. The lowest BCUT2D eigenvalue weighted by molar-refractivity contribution is -0.149. The smallest absolute Gasteiger partial charge is 0.311 e. The molecule has 0 aliphatic heterocycles. The number of aryl methyl sites for hydroxylation is 1. The molecular weight excluding hydrogens is 236 g/mol. The monoisotopic (exact) mass is 254 g/mol. The van der Waals surface area contributed by atoms with Crippen LogP contribution in [0.5, 0.6) is 0 Å². The van der Waals surface area contributed by atoms with Gasteiger partial charge in [0.05, 0.1) is 5.41 Å².